The van der Waals surface area contributed by atoms with E-state index in [0.29, 0.717) is 19.3 Å². The summed E-state index contributed by atoms with van der Waals surface area (Å²) < 4.78 is 16.6. The normalized spacial score (nSPS) is 11.9. The molecule has 0 aliphatic heterocycles. The van der Waals surface area contributed by atoms with E-state index < -0.39 is 6.10 Å². The summed E-state index contributed by atoms with van der Waals surface area (Å²) in [6, 6.07) is 0. The number of hydrogen-bond donors (Lipinski definition) is 0. The fourth-order valence-electron chi connectivity index (χ4n) is 6.10. The van der Waals surface area contributed by atoms with Crippen LogP contribution in [0, 0.1) is 5.92 Å². The minimum Gasteiger partial charge on any atom is -0.462 e. The molecule has 0 unspecified atom stereocenters. The highest BCUT2D eigenvalue weighted by Gasteiger charge is 2.19. The molecule has 48 heavy (non-hydrogen) atoms. The van der Waals surface area contributed by atoms with Gasteiger partial charge >= 0.3 is 17.9 Å². The van der Waals surface area contributed by atoms with Gasteiger partial charge < -0.3 is 14.2 Å². The third kappa shape index (κ3) is 35.7. The summed E-state index contributed by atoms with van der Waals surface area (Å²) in [6.45, 7) is 8.91. The zero-order valence-electron chi connectivity index (χ0n) is 32.4. The molecule has 0 aliphatic carbocycles. The lowest BCUT2D eigenvalue weighted by atomic mass is 10.0. The maximum Gasteiger partial charge on any atom is 0.306 e. The van der Waals surface area contributed by atoms with Gasteiger partial charge in [-0.1, -0.05) is 188 Å². The molecular weight excluding hydrogens is 600 g/mol. The number of carbonyl (C=O) groups excluding carboxylic acids is 3. The monoisotopic (exact) mass is 681 g/mol. The lowest BCUT2D eigenvalue weighted by Crippen LogP contribution is -2.30. The van der Waals surface area contributed by atoms with Crippen LogP contribution in [0.1, 0.15) is 227 Å². The molecule has 0 bridgehead atoms. The Morgan fingerprint density at radius 2 is 0.688 bits per heavy atom. The van der Waals surface area contributed by atoms with Crippen molar-refractivity contribution < 1.29 is 28.6 Å². The van der Waals surface area contributed by atoms with E-state index in [9.17, 15) is 14.4 Å². The number of ether oxygens (including phenoxy) is 3. The Bertz CT molecular complexity index is 721. The van der Waals surface area contributed by atoms with E-state index >= 15 is 0 Å². The van der Waals surface area contributed by atoms with Crippen LogP contribution in [0.25, 0.3) is 0 Å². The van der Waals surface area contributed by atoms with Gasteiger partial charge in [0.2, 0.25) is 0 Å². The van der Waals surface area contributed by atoms with Crippen molar-refractivity contribution in [1.29, 1.82) is 0 Å². The summed E-state index contributed by atoms with van der Waals surface area (Å²) in [6.07, 6.45) is 33.8. The molecule has 0 saturated heterocycles. The van der Waals surface area contributed by atoms with Gasteiger partial charge in [-0.15, -0.1) is 0 Å². The molecule has 6 heteroatoms. The number of carbonyl (C=O) groups is 3. The van der Waals surface area contributed by atoms with Crippen molar-refractivity contribution in [2.24, 2.45) is 5.92 Å². The second-order valence-corrected chi connectivity index (χ2v) is 14.7. The third-order valence-corrected chi connectivity index (χ3v) is 9.29. The van der Waals surface area contributed by atoms with Crippen LogP contribution in [0.3, 0.4) is 0 Å². The minimum atomic E-state index is -0.756. The number of rotatable bonds is 37. The molecule has 0 radical (unpaired) electrons. The Morgan fingerprint density at radius 3 is 1.02 bits per heavy atom. The van der Waals surface area contributed by atoms with E-state index in [-0.39, 0.29) is 31.1 Å². The fraction of sp³-hybridized carbons (Fsp3) is 0.929. The lowest BCUT2D eigenvalue weighted by Gasteiger charge is -2.18. The van der Waals surface area contributed by atoms with E-state index in [1.807, 2.05) is 0 Å². The molecule has 0 fully saturated rings. The lowest BCUT2D eigenvalue weighted by molar-refractivity contribution is -0.167. The molecule has 0 amide bonds. The Labute approximate surface area is 298 Å². The maximum absolute atomic E-state index is 12.6. The molecule has 0 rings (SSSR count). The molecule has 0 spiro atoms. The molecule has 0 heterocycles. The second-order valence-electron chi connectivity index (χ2n) is 14.7. The predicted octanol–water partition coefficient (Wildman–Crippen LogP) is 12.8. The van der Waals surface area contributed by atoms with Gasteiger partial charge in [0.15, 0.2) is 6.10 Å². The summed E-state index contributed by atoms with van der Waals surface area (Å²) in [7, 11) is 0. The topological polar surface area (TPSA) is 78.9 Å². The van der Waals surface area contributed by atoms with Gasteiger partial charge in [-0.3, -0.25) is 14.4 Å². The van der Waals surface area contributed by atoms with Crippen LogP contribution in [0.2, 0.25) is 0 Å². The standard InChI is InChI=1S/C42H80O6/c1-5-7-9-11-13-14-18-22-25-29-33-40(43)46-36-39(48-42(45)35-31-27-20-12-10-8-6-2)37-47-41(44)34-30-26-23-19-16-15-17-21-24-28-32-38(3)4/h38-39H,5-37H2,1-4H3/t39-/m1/s1. The van der Waals surface area contributed by atoms with Gasteiger partial charge in [0, 0.05) is 19.3 Å². The first-order valence-corrected chi connectivity index (χ1v) is 20.9. The summed E-state index contributed by atoms with van der Waals surface area (Å²) in [5, 5.41) is 0. The van der Waals surface area contributed by atoms with Crippen LogP contribution in [0.5, 0.6) is 0 Å². The first-order valence-electron chi connectivity index (χ1n) is 20.9. The maximum atomic E-state index is 12.6. The van der Waals surface area contributed by atoms with Gasteiger partial charge in [-0.05, 0) is 25.2 Å². The summed E-state index contributed by atoms with van der Waals surface area (Å²) >= 11 is 0. The van der Waals surface area contributed by atoms with Gasteiger partial charge in [0.25, 0.3) is 0 Å². The van der Waals surface area contributed by atoms with Crippen LogP contribution in [0.4, 0.5) is 0 Å². The smallest absolute Gasteiger partial charge is 0.306 e. The second kappa shape index (κ2) is 36.7. The molecule has 0 aliphatic rings. The molecule has 0 saturated carbocycles. The van der Waals surface area contributed by atoms with Crippen LogP contribution in [-0.4, -0.2) is 37.2 Å². The van der Waals surface area contributed by atoms with Crippen molar-refractivity contribution >= 4 is 17.9 Å². The van der Waals surface area contributed by atoms with Crippen LogP contribution in [-0.2, 0) is 28.6 Å². The summed E-state index contributed by atoms with van der Waals surface area (Å²) in [5.74, 6) is -0.0494. The average Bonchev–Trinajstić information content (AvgIpc) is 3.06. The minimum absolute atomic E-state index is 0.0651. The Morgan fingerprint density at radius 1 is 0.396 bits per heavy atom. The number of hydrogen-bond acceptors (Lipinski definition) is 6. The molecular formula is C42H80O6. The van der Waals surface area contributed by atoms with Gasteiger partial charge in [0.05, 0.1) is 0 Å². The average molecular weight is 681 g/mol. The molecule has 0 aromatic carbocycles. The van der Waals surface area contributed by atoms with E-state index in [1.54, 1.807) is 0 Å². The van der Waals surface area contributed by atoms with Crippen LogP contribution >= 0.6 is 0 Å². The van der Waals surface area contributed by atoms with Gasteiger partial charge in [-0.2, -0.15) is 0 Å². The molecule has 0 aromatic heterocycles. The van der Waals surface area contributed by atoms with Crippen molar-refractivity contribution in [2.75, 3.05) is 13.2 Å². The predicted molar refractivity (Wildman–Crippen MR) is 201 cm³/mol. The highest BCUT2D eigenvalue weighted by molar-refractivity contribution is 5.71. The highest BCUT2D eigenvalue weighted by atomic mass is 16.6. The Hall–Kier alpha value is -1.59. The SMILES string of the molecule is CCCCCCCCCCCCC(=O)OC[C@H](COC(=O)CCCCCCCCCCCCC(C)C)OC(=O)CCCCCCCCC. The Balaban J connectivity index is 4.27. The first-order chi connectivity index (χ1) is 23.4. The number of esters is 3. The van der Waals surface area contributed by atoms with Crippen molar-refractivity contribution in [3.05, 3.63) is 0 Å². The molecule has 0 N–H and O–H groups in total. The largest absolute Gasteiger partial charge is 0.462 e. The van der Waals surface area contributed by atoms with E-state index in [2.05, 4.69) is 27.7 Å². The highest BCUT2D eigenvalue weighted by Crippen LogP contribution is 2.15. The van der Waals surface area contributed by atoms with Crippen molar-refractivity contribution in [1.82, 2.24) is 0 Å². The van der Waals surface area contributed by atoms with E-state index in [1.165, 1.54) is 122 Å². The summed E-state index contributed by atoms with van der Waals surface area (Å²) in [5.41, 5.74) is 0. The first kappa shape index (κ1) is 46.4. The van der Waals surface area contributed by atoms with E-state index in [4.69, 9.17) is 14.2 Å². The van der Waals surface area contributed by atoms with Crippen LogP contribution in [0.15, 0.2) is 0 Å². The van der Waals surface area contributed by atoms with Crippen molar-refractivity contribution in [2.45, 2.75) is 233 Å². The van der Waals surface area contributed by atoms with Crippen molar-refractivity contribution in [3.63, 3.8) is 0 Å². The molecule has 1 atom stereocenters. The summed E-state index contributed by atoms with van der Waals surface area (Å²) in [4.78, 5) is 37.4. The zero-order valence-corrected chi connectivity index (χ0v) is 32.4. The van der Waals surface area contributed by atoms with Crippen molar-refractivity contribution in [3.8, 4) is 0 Å². The number of unbranched alkanes of at least 4 members (excludes halogenated alkanes) is 24. The quantitative estimate of drug-likeness (QED) is 0.0369. The van der Waals surface area contributed by atoms with Crippen LogP contribution < -0.4 is 0 Å². The third-order valence-electron chi connectivity index (χ3n) is 9.29. The molecule has 0 aromatic rings. The van der Waals surface area contributed by atoms with Gasteiger partial charge in [-0.25, -0.2) is 0 Å². The Kier molecular flexibility index (Phi) is 35.5. The fourth-order valence-corrected chi connectivity index (χ4v) is 6.10. The molecule has 6 nitrogen and oxygen atoms in total. The van der Waals surface area contributed by atoms with E-state index in [0.717, 1.165) is 63.7 Å². The molecule has 284 valence electrons. The van der Waals surface area contributed by atoms with Gasteiger partial charge in [0.1, 0.15) is 13.2 Å². The zero-order chi connectivity index (χ0) is 35.3.